The van der Waals surface area contributed by atoms with Crippen molar-refractivity contribution in [3.8, 4) is 22.7 Å². The highest BCUT2D eigenvalue weighted by molar-refractivity contribution is 5.79. The Morgan fingerprint density at radius 3 is 2.55 bits per heavy atom. The van der Waals surface area contributed by atoms with Crippen molar-refractivity contribution < 1.29 is 17.9 Å². The molecule has 0 saturated heterocycles. The molecular formula is C20H15F3N4O2. The fourth-order valence-corrected chi connectivity index (χ4v) is 3.43. The number of ether oxygens (including phenoxy) is 1. The molecule has 0 bridgehead atoms. The number of fused-ring (bicyclic) bond motifs is 1. The van der Waals surface area contributed by atoms with Crippen LogP contribution in [0.15, 0.2) is 59.7 Å². The summed E-state index contributed by atoms with van der Waals surface area (Å²) in [7, 11) is 0. The standard InChI is InChI=1S/C20H15F3N4O2/c1-12-16-11-25-27(17-8-3-4-9-24-17)19(28)26(16)13(2)18(12)14-6-5-7-15(10-14)29-20(21,22)23/h3-11H,1-2H3. The largest absolute Gasteiger partial charge is 0.573 e. The van der Waals surface area contributed by atoms with Gasteiger partial charge in [-0.3, -0.25) is 4.40 Å². The fourth-order valence-electron chi connectivity index (χ4n) is 3.43. The number of benzene rings is 1. The second kappa shape index (κ2) is 6.77. The van der Waals surface area contributed by atoms with E-state index < -0.39 is 12.1 Å². The molecular weight excluding hydrogens is 385 g/mol. The van der Waals surface area contributed by atoms with E-state index in [1.165, 1.54) is 33.5 Å². The van der Waals surface area contributed by atoms with Gasteiger partial charge in [-0.25, -0.2) is 9.78 Å². The van der Waals surface area contributed by atoms with Gasteiger partial charge in [0.25, 0.3) is 0 Å². The molecule has 0 aliphatic rings. The normalized spacial score (nSPS) is 11.8. The van der Waals surface area contributed by atoms with Crippen LogP contribution in [-0.4, -0.2) is 25.5 Å². The number of hydrogen-bond acceptors (Lipinski definition) is 4. The molecule has 4 aromatic rings. The second-order valence-corrected chi connectivity index (χ2v) is 6.41. The van der Waals surface area contributed by atoms with Crippen LogP contribution < -0.4 is 10.4 Å². The maximum absolute atomic E-state index is 13.1. The van der Waals surface area contributed by atoms with E-state index >= 15 is 0 Å². The lowest BCUT2D eigenvalue weighted by Crippen LogP contribution is -2.28. The number of aryl methyl sites for hydroxylation is 2. The highest BCUT2D eigenvalue weighted by Crippen LogP contribution is 2.34. The summed E-state index contributed by atoms with van der Waals surface area (Å²) in [6.07, 6.45) is -1.69. The van der Waals surface area contributed by atoms with Gasteiger partial charge in [0.2, 0.25) is 0 Å². The SMILES string of the molecule is Cc1c(-c2cccc(OC(F)(F)F)c2)c(C)n2c(=O)n(-c3ccccn3)ncc12. The maximum atomic E-state index is 13.1. The van der Waals surface area contributed by atoms with E-state index in [-0.39, 0.29) is 5.75 Å². The lowest BCUT2D eigenvalue weighted by molar-refractivity contribution is -0.274. The van der Waals surface area contributed by atoms with Crippen LogP contribution >= 0.6 is 0 Å². The molecule has 1 aromatic carbocycles. The summed E-state index contributed by atoms with van der Waals surface area (Å²) in [5.74, 6) is 0.0420. The molecule has 9 heteroatoms. The molecule has 4 rings (SSSR count). The Morgan fingerprint density at radius 1 is 1.07 bits per heavy atom. The van der Waals surface area contributed by atoms with Crippen molar-refractivity contribution in [2.24, 2.45) is 0 Å². The minimum absolute atomic E-state index is 0.326. The van der Waals surface area contributed by atoms with Crippen LogP contribution in [0.1, 0.15) is 11.3 Å². The van der Waals surface area contributed by atoms with E-state index in [9.17, 15) is 18.0 Å². The van der Waals surface area contributed by atoms with Crippen LogP contribution in [0, 0.1) is 13.8 Å². The van der Waals surface area contributed by atoms with Gasteiger partial charge in [-0.05, 0) is 49.2 Å². The van der Waals surface area contributed by atoms with Gasteiger partial charge in [-0.1, -0.05) is 18.2 Å². The number of pyridine rings is 1. The lowest BCUT2D eigenvalue weighted by Gasteiger charge is -2.10. The van der Waals surface area contributed by atoms with Crippen LogP contribution in [-0.2, 0) is 0 Å². The molecule has 0 fully saturated rings. The molecule has 29 heavy (non-hydrogen) atoms. The zero-order valence-corrected chi connectivity index (χ0v) is 15.4. The van der Waals surface area contributed by atoms with Gasteiger partial charge in [0.1, 0.15) is 5.75 Å². The van der Waals surface area contributed by atoms with Gasteiger partial charge < -0.3 is 4.74 Å². The van der Waals surface area contributed by atoms with Crippen molar-refractivity contribution >= 4 is 5.52 Å². The van der Waals surface area contributed by atoms with E-state index in [2.05, 4.69) is 14.8 Å². The van der Waals surface area contributed by atoms with Crippen LogP contribution in [0.5, 0.6) is 5.75 Å². The zero-order valence-electron chi connectivity index (χ0n) is 15.4. The molecule has 0 N–H and O–H groups in total. The van der Waals surface area contributed by atoms with Crippen molar-refractivity contribution in [2.45, 2.75) is 20.2 Å². The average Bonchev–Trinajstić information content (AvgIpc) is 2.92. The summed E-state index contributed by atoms with van der Waals surface area (Å²) in [6.45, 7) is 3.53. The van der Waals surface area contributed by atoms with Crippen LogP contribution in [0.4, 0.5) is 13.2 Å². The van der Waals surface area contributed by atoms with Gasteiger partial charge in [0.05, 0.1) is 11.7 Å². The highest BCUT2D eigenvalue weighted by Gasteiger charge is 2.31. The Kier molecular flexibility index (Phi) is 4.37. The van der Waals surface area contributed by atoms with Crippen LogP contribution in [0.3, 0.4) is 0 Å². The molecule has 0 radical (unpaired) electrons. The number of nitrogens with zero attached hydrogens (tertiary/aromatic N) is 4. The van der Waals surface area contributed by atoms with Gasteiger partial charge in [-0.2, -0.15) is 9.78 Å². The third kappa shape index (κ3) is 3.35. The molecule has 3 heterocycles. The number of rotatable bonds is 3. The Hall–Kier alpha value is -3.62. The zero-order chi connectivity index (χ0) is 20.8. The van der Waals surface area contributed by atoms with Gasteiger partial charge in [0, 0.05) is 17.5 Å². The Balaban J connectivity index is 1.91. The van der Waals surface area contributed by atoms with Crippen molar-refractivity contribution in [3.05, 3.63) is 76.6 Å². The van der Waals surface area contributed by atoms with E-state index in [4.69, 9.17) is 0 Å². The van der Waals surface area contributed by atoms with Gasteiger partial charge >= 0.3 is 12.1 Å². The van der Waals surface area contributed by atoms with Crippen molar-refractivity contribution in [3.63, 3.8) is 0 Å². The van der Waals surface area contributed by atoms with Crippen LogP contribution in [0.2, 0.25) is 0 Å². The quantitative estimate of drug-likeness (QED) is 0.520. The molecule has 0 atom stereocenters. The summed E-state index contributed by atoms with van der Waals surface area (Å²) < 4.78 is 44.4. The van der Waals surface area contributed by atoms with Gasteiger partial charge in [-0.15, -0.1) is 13.2 Å². The first-order chi connectivity index (χ1) is 13.8. The van der Waals surface area contributed by atoms with Crippen molar-refractivity contribution in [2.75, 3.05) is 0 Å². The van der Waals surface area contributed by atoms with Crippen molar-refractivity contribution in [1.82, 2.24) is 19.2 Å². The van der Waals surface area contributed by atoms with Crippen molar-refractivity contribution in [1.29, 1.82) is 0 Å². The third-order valence-electron chi connectivity index (χ3n) is 4.59. The predicted octanol–water partition coefficient (Wildman–Crippen LogP) is 4.06. The fraction of sp³-hybridized carbons (Fsp3) is 0.150. The molecule has 0 spiro atoms. The average molecular weight is 400 g/mol. The van der Waals surface area contributed by atoms with E-state index in [1.807, 2.05) is 0 Å². The minimum Gasteiger partial charge on any atom is -0.406 e. The van der Waals surface area contributed by atoms with E-state index in [1.54, 1.807) is 44.3 Å². The summed E-state index contributed by atoms with van der Waals surface area (Å²) in [5, 5.41) is 4.20. The summed E-state index contributed by atoms with van der Waals surface area (Å²) >= 11 is 0. The molecule has 0 aliphatic heterocycles. The Morgan fingerprint density at radius 2 is 1.86 bits per heavy atom. The Bertz CT molecular complexity index is 1260. The highest BCUT2D eigenvalue weighted by atomic mass is 19.4. The molecule has 6 nitrogen and oxygen atoms in total. The minimum atomic E-state index is -4.78. The molecule has 3 aromatic heterocycles. The summed E-state index contributed by atoms with van der Waals surface area (Å²) in [5.41, 5.74) is 2.61. The second-order valence-electron chi connectivity index (χ2n) is 6.41. The first-order valence-corrected chi connectivity index (χ1v) is 8.64. The van der Waals surface area contributed by atoms with E-state index in [0.29, 0.717) is 28.2 Å². The summed E-state index contributed by atoms with van der Waals surface area (Å²) in [4.78, 5) is 17.2. The molecule has 148 valence electrons. The monoisotopic (exact) mass is 400 g/mol. The predicted molar refractivity (Wildman–Crippen MR) is 100 cm³/mol. The molecule has 0 amide bonds. The molecule has 0 aliphatic carbocycles. The first-order valence-electron chi connectivity index (χ1n) is 8.64. The number of hydrogen-bond donors (Lipinski definition) is 0. The van der Waals surface area contributed by atoms with Crippen LogP contribution in [0.25, 0.3) is 22.5 Å². The van der Waals surface area contributed by atoms with Gasteiger partial charge in [0.15, 0.2) is 5.82 Å². The number of halogens is 3. The topological polar surface area (TPSA) is 61.4 Å². The Labute approximate surface area is 162 Å². The third-order valence-corrected chi connectivity index (χ3v) is 4.59. The lowest BCUT2D eigenvalue weighted by atomic mass is 10.0. The summed E-state index contributed by atoms with van der Waals surface area (Å²) in [6, 6.07) is 10.8. The smallest absolute Gasteiger partial charge is 0.406 e. The first kappa shape index (κ1) is 18.7. The molecule has 0 unspecified atom stereocenters. The maximum Gasteiger partial charge on any atom is 0.573 e. The number of aromatic nitrogens is 4. The van der Waals surface area contributed by atoms with E-state index in [0.717, 1.165) is 5.56 Å². The number of alkyl halides is 3. The molecule has 0 saturated carbocycles.